The van der Waals surface area contributed by atoms with Gasteiger partial charge in [0.25, 0.3) is 0 Å². The molecule has 1 aliphatic heterocycles. The number of rotatable bonds is 5. The Hall–Kier alpha value is -1.93. The Morgan fingerprint density at radius 2 is 1.69 bits per heavy atom. The van der Waals surface area contributed by atoms with Crippen molar-refractivity contribution in [2.24, 2.45) is 0 Å². The number of piperidine rings is 1. The van der Waals surface area contributed by atoms with Gasteiger partial charge >= 0.3 is 6.09 Å². The fourth-order valence-corrected chi connectivity index (χ4v) is 5.86. The minimum absolute atomic E-state index is 0.00814. The monoisotopic (exact) mass is 610 g/mol. The molecular formula is C27H33Br2FN2O3. The number of nitrogens with zero attached hydrogens (tertiary/aromatic N) is 2. The van der Waals surface area contributed by atoms with E-state index in [2.05, 4.69) is 31.9 Å². The number of halogens is 3. The molecule has 0 unspecified atom stereocenters. The van der Waals surface area contributed by atoms with Gasteiger partial charge in [-0.1, -0.05) is 44.0 Å². The van der Waals surface area contributed by atoms with Gasteiger partial charge in [-0.15, -0.1) is 0 Å². The largest absolute Gasteiger partial charge is 0.444 e. The highest BCUT2D eigenvalue weighted by atomic mass is 79.9. The average molecular weight is 612 g/mol. The molecule has 2 aromatic rings. The van der Waals surface area contributed by atoms with Crippen LogP contribution in [-0.2, 0) is 21.5 Å². The number of hydrogen-bond acceptors (Lipinski definition) is 3. The smallest absolute Gasteiger partial charge is 0.410 e. The van der Waals surface area contributed by atoms with Crippen molar-refractivity contribution in [2.45, 2.75) is 64.5 Å². The second kappa shape index (κ2) is 11.0. The summed E-state index contributed by atoms with van der Waals surface area (Å²) in [5.41, 5.74) is 1.44. The van der Waals surface area contributed by atoms with E-state index in [1.54, 1.807) is 29.8 Å². The number of carbonyl (C=O) groups excluding carboxylic acids is 2. The molecule has 0 spiro atoms. The maximum absolute atomic E-state index is 14.1. The van der Waals surface area contributed by atoms with Crippen molar-refractivity contribution >= 4 is 43.9 Å². The fourth-order valence-electron chi connectivity index (χ4n) is 4.47. The molecule has 35 heavy (non-hydrogen) atoms. The minimum Gasteiger partial charge on any atom is -0.444 e. The summed E-state index contributed by atoms with van der Waals surface area (Å²) in [6, 6.07) is 11.0. The van der Waals surface area contributed by atoms with Gasteiger partial charge in [0, 0.05) is 47.5 Å². The summed E-state index contributed by atoms with van der Waals surface area (Å²) in [7, 11) is 1.80. The Balaban J connectivity index is 1.81. The SMILES string of the molecule is Cc1cc(C2(CC(=O)N(C)Cc3cc(Br)cc(Br)c3)CCN(C(=O)OC(C)(C)C)CC2)ccc1F. The molecule has 0 aromatic heterocycles. The Bertz CT molecular complexity index is 1070. The Labute approximate surface area is 224 Å². The molecule has 1 fully saturated rings. The number of aryl methyl sites for hydroxylation is 1. The first-order valence-corrected chi connectivity index (χ1v) is 13.3. The predicted octanol–water partition coefficient (Wildman–Crippen LogP) is 6.98. The van der Waals surface area contributed by atoms with Gasteiger partial charge in [-0.2, -0.15) is 0 Å². The normalized spacial score (nSPS) is 15.6. The van der Waals surface area contributed by atoms with E-state index in [1.807, 2.05) is 45.0 Å². The van der Waals surface area contributed by atoms with Crippen LogP contribution in [0.25, 0.3) is 0 Å². The van der Waals surface area contributed by atoms with Crippen LogP contribution in [0, 0.1) is 12.7 Å². The van der Waals surface area contributed by atoms with Crippen molar-refractivity contribution < 1.29 is 18.7 Å². The van der Waals surface area contributed by atoms with E-state index >= 15 is 0 Å². The van der Waals surface area contributed by atoms with Gasteiger partial charge in [-0.05, 0) is 81.5 Å². The molecule has 1 saturated heterocycles. The Morgan fingerprint density at radius 1 is 1.09 bits per heavy atom. The van der Waals surface area contributed by atoms with E-state index in [0.29, 0.717) is 38.0 Å². The molecule has 190 valence electrons. The third-order valence-corrected chi connectivity index (χ3v) is 7.32. The number of ether oxygens (including phenoxy) is 1. The zero-order valence-electron chi connectivity index (χ0n) is 21.0. The highest BCUT2D eigenvalue weighted by Gasteiger charge is 2.41. The van der Waals surface area contributed by atoms with Gasteiger partial charge in [-0.3, -0.25) is 4.79 Å². The molecule has 0 aliphatic carbocycles. The lowest BCUT2D eigenvalue weighted by atomic mass is 9.70. The summed E-state index contributed by atoms with van der Waals surface area (Å²) in [5.74, 6) is -0.257. The average Bonchev–Trinajstić information content (AvgIpc) is 2.74. The quantitative estimate of drug-likeness (QED) is 0.367. The first kappa shape index (κ1) is 27.7. The molecule has 0 N–H and O–H groups in total. The second-order valence-corrected chi connectivity index (χ2v) is 12.2. The summed E-state index contributed by atoms with van der Waals surface area (Å²) in [5, 5.41) is 0. The van der Waals surface area contributed by atoms with Crippen LogP contribution in [0.2, 0.25) is 0 Å². The van der Waals surface area contributed by atoms with Gasteiger partial charge < -0.3 is 14.5 Å². The van der Waals surface area contributed by atoms with E-state index in [0.717, 1.165) is 20.1 Å². The molecule has 0 atom stereocenters. The van der Waals surface area contributed by atoms with Gasteiger partial charge in [0.05, 0.1) is 0 Å². The first-order valence-electron chi connectivity index (χ1n) is 11.7. The molecule has 2 aromatic carbocycles. The minimum atomic E-state index is -0.570. The molecular weight excluding hydrogens is 579 g/mol. The Kier molecular flexibility index (Phi) is 8.69. The van der Waals surface area contributed by atoms with Crippen LogP contribution in [0.3, 0.4) is 0 Å². The molecule has 0 radical (unpaired) electrons. The summed E-state index contributed by atoms with van der Waals surface area (Å²) in [4.78, 5) is 29.5. The fraction of sp³-hybridized carbons (Fsp3) is 0.481. The van der Waals surface area contributed by atoms with Crippen LogP contribution in [0.4, 0.5) is 9.18 Å². The van der Waals surface area contributed by atoms with Crippen molar-refractivity contribution in [3.63, 3.8) is 0 Å². The lowest BCUT2D eigenvalue weighted by molar-refractivity contribution is -0.132. The van der Waals surface area contributed by atoms with E-state index in [9.17, 15) is 14.0 Å². The van der Waals surface area contributed by atoms with Gasteiger partial charge in [0.15, 0.2) is 0 Å². The molecule has 3 rings (SSSR count). The molecule has 1 aliphatic rings. The number of hydrogen-bond donors (Lipinski definition) is 0. The number of benzene rings is 2. The van der Waals surface area contributed by atoms with E-state index in [-0.39, 0.29) is 24.2 Å². The van der Waals surface area contributed by atoms with Crippen LogP contribution in [0.5, 0.6) is 0 Å². The topological polar surface area (TPSA) is 49.9 Å². The van der Waals surface area contributed by atoms with Gasteiger partial charge in [-0.25, -0.2) is 9.18 Å². The number of carbonyl (C=O) groups is 2. The zero-order chi connectivity index (χ0) is 26.0. The van der Waals surface area contributed by atoms with E-state index in [4.69, 9.17) is 4.74 Å². The lowest BCUT2D eigenvalue weighted by Gasteiger charge is -2.43. The first-order chi connectivity index (χ1) is 16.3. The summed E-state index contributed by atoms with van der Waals surface area (Å²) in [6.45, 7) is 8.69. The molecule has 2 amide bonds. The second-order valence-electron chi connectivity index (χ2n) is 10.4. The van der Waals surface area contributed by atoms with Crippen LogP contribution in [-0.4, -0.2) is 47.5 Å². The summed E-state index contributed by atoms with van der Waals surface area (Å²) >= 11 is 7.00. The number of amides is 2. The van der Waals surface area contributed by atoms with Crippen molar-refractivity contribution in [1.82, 2.24) is 9.80 Å². The van der Waals surface area contributed by atoms with Crippen molar-refractivity contribution in [3.8, 4) is 0 Å². The predicted molar refractivity (Wildman–Crippen MR) is 143 cm³/mol. The number of likely N-dealkylation sites (tertiary alicyclic amines) is 1. The zero-order valence-corrected chi connectivity index (χ0v) is 24.1. The van der Waals surface area contributed by atoms with Crippen LogP contribution in [0.1, 0.15) is 56.7 Å². The highest BCUT2D eigenvalue weighted by Crippen LogP contribution is 2.40. The third-order valence-electron chi connectivity index (χ3n) is 6.40. The summed E-state index contributed by atoms with van der Waals surface area (Å²) in [6.07, 6.45) is 1.13. The van der Waals surface area contributed by atoms with Crippen LogP contribution in [0.15, 0.2) is 45.3 Å². The standard InChI is InChI=1S/C27H33Br2FN2O3/c1-18-12-20(6-7-23(18)30)27(8-10-32(11-9-27)25(34)35-26(2,3)4)16-24(33)31(5)17-19-13-21(28)15-22(29)14-19/h6-7,12-15H,8-11,16-17H2,1-5H3. The lowest BCUT2D eigenvalue weighted by Crippen LogP contribution is -2.48. The van der Waals surface area contributed by atoms with Crippen molar-refractivity contribution in [2.75, 3.05) is 20.1 Å². The third kappa shape index (κ3) is 7.29. The van der Waals surface area contributed by atoms with E-state index in [1.165, 1.54) is 6.07 Å². The maximum Gasteiger partial charge on any atom is 0.410 e. The van der Waals surface area contributed by atoms with Gasteiger partial charge in [0.2, 0.25) is 5.91 Å². The molecule has 0 bridgehead atoms. The highest BCUT2D eigenvalue weighted by molar-refractivity contribution is 9.11. The maximum atomic E-state index is 14.1. The molecule has 8 heteroatoms. The molecule has 5 nitrogen and oxygen atoms in total. The van der Waals surface area contributed by atoms with E-state index < -0.39 is 11.0 Å². The summed E-state index contributed by atoms with van der Waals surface area (Å²) < 4.78 is 21.5. The van der Waals surface area contributed by atoms with Crippen LogP contribution < -0.4 is 0 Å². The van der Waals surface area contributed by atoms with Crippen LogP contribution >= 0.6 is 31.9 Å². The van der Waals surface area contributed by atoms with Crippen molar-refractivity contribution in [1.29, 1.82) is 0 Å². The molecule has 1 heterocycles. The van der Waals surface area contributed by atoms with Gasteiger partial charge in [0.1, 0.15) is 11.4 Å². The van der Waals surface area contributed by atoms with Crippen molar-refractivity contribution in [3.05, 3.63) is 67.9 Å². The molecule has 0 saturated carbocycles. The Morgan fingerprint density at radius 3 is 2.23 bits per heavy atom.